The Morgan fingerprint density at radius 3 is 2.91 bits per heavy atom. The number of amides is 1. The van der Waals surface area contributed by atoms with Gasteiger partial charge in [-0.05, 0) is 18.6 Å². The number of para-hydroxylation sites is 2. The smallest absolute Gasteiger partial charge is 0.265 e. The number of benzene rings is 1. The molecule has 0 bridgehead atoms. The standard InChI is InChI=1S/C16H22N4O2S/c17-16(19-8-10-23-11-9-19)18-6-3-7-20-13-4-1-2-5-14(13)22-12-15(20)21/h1-2,4-5H,3,6-12H2,(H2,17,18). The summed E-state index contributed by atoms with van der Waals surface area (Å²) in [6.45, 7) is 3.30. The van der Waals surface area contributed by atoms with E-state index >= 15 is 0 Å². The third-order valence-corrected chi connectivity index (χ3v) is 4.90. The topological polar surface area (TPSA) is 71.2 Å². The number of carbonyl (C=O) groups is 1. The van der Waals surface area contributed by atoms with Gasteiger partial charge >= 0.3 is 0 Å². The highest BCUT2D eigenvalue weighted by atomic mass is 32.2. The molecule has 3 rings (SSSR count). The number of nitrogens with two attached hydrogens (primary N) is 1. The molecule has 0 aliphatic carbocycles. The van der Waals surface area contributed by atoms with E-state index < -0.39 is 0 Å². The van der Waals surface area contributed by atoms with Crippen LogP contribution < -0.4 is 15.4 Å². The molecule has 2 aliphatic rings. The van der Waals surface area contributed by atoms with Gasteiger partial charge in [-0.15, -0.1) is 0 Å². The Kier molecular flexibility index (Phi) is 5.27. The van der Waals surface area contributed by atoms with Crippen molar-refractivity contribution in [3.63, 3.8) is 0 Å². The SMILES string of the molecule is NC(=NCCCN1C(=O)COc2ccccc21)N1CCSCC1. The predicted molar refractivity (Wildman–Crippen MR) is 94.3 cm³/mol. The molecule has 6 nitrogen and oxygen atoms in total. The van der Waals surface area contributed by atoms with Crippen molar-refractivity contribution in [2.24, 2.45) is 10.7 Å². The zero-order chi connectivity index (χ0) is 16.1. The van der Waals surface area contributed by atoms with E-state index in [2.05, 4.69) is 9.89 Å². The van der Waals surface area contributed by atoms with E-state index in [1.165, 1.54) is 0 Å². The summed E-state index contributed by atoms with van der Waals surface area (Å²) in [5.41, 5.74) is 6.88. The van der Waals surface area contributed by atoms with Crippen LogP contribution in [0.25, 0.3) is 0 Å². The van der Waals surface area contributed by atoms with Crippen LogP contribution in [0.15, 0.2) is 29.3 Å². The van der Waals surface area contributed by atoms with Crippen molar-refractivity contribution < 1.29 is 9.53 Å². The van der Waals surface area contributed by atoms with E-state index in [-0.39, 0.29) is 12.5 Å². The van der Waals surface area contributed by atoms with Gasteiger partial charge in [-0.2, -0.15) is 11.8 Å². The zero-order valence-electron chi connectivity index (χ0n) is 13.1. The van der Waals surface area contributed by atoms with Crippen LogP contribution in [0.5, 0.6) is 5.75 Å². The summed E-state index contributed by atoms with van der Waals surface area (Å²) in [5, 5.41) is 0. The zero-order valence-corrected chi connectivity index (χ0v) is 13.9. The predicted octanol–water partition coefficient (Wildman–Crippen LogP) is 1.17. The Bertz CT molecular complexity index is 587. The molecule has 2 N–H and O–H groups in total. The minimum atomic E-state index is -0.00583. The van der Waals surface area contributed by atoms with Gasteiger partial charge in [0, 0.05) is 37.7 Å². The molecule has 1 saturated heterocycles. The number of anilines is 1. The third kappa shape index (κ3) is 3.90. The molecule has 0 saturated carbocycles. The average Bonchev–Trinajstić information content (AvgIpc) is 2.60. The minimum absolute atomic E-state index is 0.00583. The van der Waals surface area contributed by atoms with Crippen molar-refractivity contribution in [1.82, 2.24) is 4.90 Å². The van der Waals surface area contributed by atoms with Gasteiger partial charge in [-0.25, -0.2) is 0 Å². The lowest BCUT2D eigenvalue weighted by Gasteiger charge is -2.29. The van der Waals surface area contributed by atoms with Gasteiger partial charge in [-0.1, -0.05) is 12.1 Å². The molecule has 1 aromatic rings. The number of nitrogens with zero attached hydrogens (tertiary/aromatic N) is 3. The van der Waals surface area contributed by atoms with Crippen LogP contribution in [0, 0.1) is 0 Å². The average molecular weight is 334 g/mol. The first kappa shape index (κ1) is 16.0. The summed E-state index contributed by atoms with van der Waals surface area (Å²) in [6.07, 6.45) is 0.781. The number of fused-ring (bicyclic) bond motifs is 1. The van der Waals surface area contributed by atoms with Gasteiger partial charge in [-0.3, -0.25) is 9.79 Å². The first-order valence-electron chi connectivity index (χ1n) is 7.90. The van der Waals surface area contributed by atoms with Crippen molar-refractivity contribution in [3.05, 3.63) is 24.3 Å². The molecule has 0 spiro atoms. The molecule has 0 radical (unpaired) electrons. The fraction of sp³-hybridized carbons (Fsp3) is 0.500. The second kappa shape index (κ2) is 7.59. The first-order chi connectivity index (χ1) is 11.3. The molecule has 0 unspecified atom stereocenters. The molecule has 124 valence electrons. The lowest BCUT2D eigenvalue weighted by atomic mass is 10.2. The van der Waals surface area contributed by atoms with E-state index in [0.717, 1.165) is 42.5 Å². The van der Waals surface area contributed by atoms with Gasteiger partial charge in [0.2, 0.25) is 0 Å². The quantitative estimate of drug-likeness (QED) is 0.508. The van der Waals surface area contributed by atoms with Crippen molar-refractivity contribution in [2.45, 2.75) is 6.42 Å². The molecule has 1 fully saturated rings. The number of hydrogen-bond acceptors (Lipinski definition) is 4. The summed E-state index contributed by atoms with van der Waals surface area (Å²) >= 11 is 1.95. The second-order valence-electron chi connectivity index (χ2n) is 5.49. The van der Waals surface area contributed by atoms with Gasteiger partial charge < -0.3 is 20.3 Å². The van der Waals surface area contributed by atoms with Gasteiger partial charge in [0.25, 0.3) is 5.91 Å². The molecule has 0 aromatic heterocycles. The summed E-state index contributed by atoms with van der Waals surface area (Å²) in [5.74, 6) is 3.60. The number of aliphatic imine (C=N–C) groups is 1. The normalized spacial score (nSPS) is 18.6. The molecule has 7 heteroatoms. The first-order valence-corrected chi connectivity index (χ1v) is 9.06. The highest BCUT2D eigenvalue weighted by Gasteiger charge is 2.24. The highest BCUT2D eigenvalue weighted by molar-refractivity contribution is 7.99. The summed E-state index contributed by atoms with van der Waals surface area (Å²) in [6, 6.07) is 7.63. The highest BCUT2D eigenvalue weighted by Crippen LogP contribution is 2.31. The van der Waals surface area contributed by atoms with Crippen LogP contribution in [0.2, 0.25) is 0 Å². The van der Waals surface area contributed by atoms with Crippen molar-refractivity contribution in [1.29, 1.82) is 0 Å². The molecular formula is C16H22N4O2S. The van der Waals surface area contributed by atoms with Gasteiger partial charge in [0.05, 0.1) is 5.69 Å². The van der Waals surface area contributed by atoms with Crippen LogP contribution in [0.3, 0.4) is 0 Å². The third-order valence-electron chi connectivity index (χ3n) is 3.96. The Hall–Kier alpha value is -1.89. The van der Waals surface area contributed by atoms with Crippen LogP contribution in [0.1, 0.15) is 6.42 Å². The maximum Gasteiger partial charge on any atom is 0.265 e. The molecule has 0 atom stereocenters. The number of ether oxygens (including phenoxy) is 1. The number of carbonyl (C=O) groups excluding carboxylic acids is 1. The van der Waals surface area contributed by atoms with Gasteiger partial charge in [0.15, 0.2) is 12.6 Å². The molecule has 2 heterocycles. The van der Waals surface area contributed by atoms with Crippen LogP contribution in [-0.2, 0) is 4.79 Å². The lowest BCUT2D eigenvalue weighted by Crippen LogP contribution is -2.43. The Labute approximate surface area is 140 Å². The van der Waals surface area contributed by atoms with Crippen molar-refractivity contribution >= 4 is 29.3 Å². The summed E-state index contributed by atoms with van der Waals surface area (Å²) in [4.78, 5) is 20.4. The van der Waals surface area contributed by atoms with E-state index in [9.17, 15) is 4.79 Å². The number of thioether (sulfide) groups is 1. The number of rotatable bonds is 4. The summed E-state index contributed by atoms with van der Waals surface area (Å²) < 4.78 is 5.44. The number of hydrogen-bond donors (Lipinski definition) is 1. The minimum Gasteiger partial charge on any atom is -0.482 e. The Morgan fingerprint density at radius 1 is 1.30 bits per heavy atom. The molecule has 23 heavy (non-hydrogen) atoms. The van der Waals surface area contributed by atoms with Crippen LogP contribution >= 0.6 is 11.8 Å². The largest absolute Gasteiger partial charge is 0.482 e. The van der Waals surface area contributed by atoms with E-state index in [4.69, 9.17) is 10.5 Å². The second-order valence-corrected chi connectivity index (χ2v) is 6.72. The maximum atomic E-state index is 12.1. The molecule has 1 aromatic carbocycles. The van der Waals surface area contributed by atoms with Crippen molar-refractivity contribution in [2.75, 3.05) is 49.2 Å². The fourth-order valence-corrected chi connectivity index (χ4v) is 3.62. The Morgan fingerprint density at radius 2 is 2.09 bits per heavy atom. The van der Waals surface area contributed by atoms with Crippen molar-refractivity contribution in [3.8, 4) is 5.75 Å². The molecule has 2 aliphatic heterocycles. The monoisotopic (exact) mass is 334 g/mol. The molecule has 1 amide bonds. The number of guanidine groups is 1. The van der Waals surface area contributed by atoms with E-state index in [1.54, 1.807) is 4.90 Å². The van der Waals surface area contributed by atoms with Gasteiger partial charge in [0.1, 0.15) is 5.75 Å². The lowest BCUT2D eigenvalue weighted by molar-refractivity contribution is -0.121. The maximum absolute atomic E-state index is 12.1. The van der Waals surface area contributed by atoms with Crippen LogP contribution in [0.4, 0.5) is 5.69 Å². The Balaban J connectivity index is 1.53. The molecular weight excluding hydrogens is 312 g/mol. The van der Waals surface area contributed by atoms with E-state index in [1.807, 2.05) is 36.0 Å². The fourth-order valence-electron chi connectivity index (χ4n) is 2.71. The van der Waals surface area contributed by atoms with E-state index in [0.29, 0.717) is 19.0 Å². The summed E-state index contributed by atoms with van der Waals surface area (Å²) in [7, 11) is 0. The van der Waals surface area contributed by atoms with Crippen LogP contribution in [-0.4, -0.2) is 61.1 Å².